The first kappa shape index (κ1) is 18.0. The van der Waals surface area contributed by atoms with E-state index >= 15 is 0 Å². The van der Waals surface area contributed by atoms with E-state index in [0.717, 1.165) is 22.4 Å². The van der Waals surface area contributed by atoms with Gasteiger partial charge in [0, 0.05) is 26.2 Å². The second kappa shape index (κ2) is 7.30. The molecule has 8 heteroatoms. The maximum Gasteiger partial charge on any atom is 0.297 e. The van der Waals surface area contributed by atoms with Crippen LogP contribution in [0.1, 0.15) is 30.2 Å². The number of aromatic nitrogens is 3. The van der Waals surface area contributed by atoms with E-state index in [1.807, 2.05) is 44.1 Å². The zero-order valence-electron chi connectivity index (χ0n) is 15.8. The zero-order valence-corrected chi connectivity index (χ0v) is 15.8. The lowest BCUT2D eigenvalue weighted by atomic mass is 10.1. The van der Waals surface area contributed by atoms with Crippen LogP contribution < -0.4 is 10.2 Å². The molecule has 0 aliphatic carbocycles. The molecule has 0 radical (unpaired) electrons. The molecule has 1 N–H and O–H groups in total. The van der Waals surface area contributed by atoms with Gasteiger partial charge in [-0.3, -0.25) is 0 Å². The average Bonchev–Trinajstić information content (AvgIpc) is 3.30. The predicted octanol–water partition coefficient (Wildman–Crippen LogP) is 4.18. The summed E-state index contributed by atoms with van der Waals surface area (Å²) in [5.74, 6) is 0.765. The largest absolute Gasteiger partial charge is 0.423 e. The van der Waals surface area contributed by atoms with Crippen molar-refractivity contribution in [3.63, 3.8) is 0 Å². The molecule has 4 rings (SSSR count). The molecule has 4 aromatic rings. The zero-order chi connectivity index (χ0) is 19.7. The summed E-state index contributed by atoms with van der Waals surface area (Å²) in [5.41, 5.74) is 3.28. The van der Waals surface area contributed by atoms with Crippen LogP contribution >= 0.6 is 0 Å². The van der Waals surface area contributed by atoms with Crippen LogP contribution in [0.25, 0.3) is 11.1 Å². The molecule has 0 fully saturated rings. The Morgan fingerprint density at radius 1 is 1.11 bits per heavy atom. The van der Waals surface area contributed by atoms with Gasteiger partial charge in [-0.2, -0.15) is 9.97 Å². The molecule has 0 saturated carbocycles. The molecule has 28 heavy (non-hydrogen) atoms. The number of rotatable bonds is 6. The number of halogens is 1. The minimum absolute atomic E-state index is 0.188. The molecular weight excluding hydrogens is 361 g/mol. The number of oxazole rings is 1. The highest BCUT2D eigenvalue weighted by molar-refractivity contribution is 5.79. The van der Waals surface area contributed by atoms with E-state index in [-0.39, 0.29) is 11.9 Å². The number of nitrogens with one attached hydrogen (secondary N) is 1. The average molecular weight is 381 g/mol. The van der Waals surface area contributed by atoms with Gasteiger partial charge in [-0.25, -0.2) is 4.39 Å². The number of nitrogens with zero attached hydrogens (tertiary/aromatic N) is 4. The molecule has 2 aromatic heterocycles. The van der Waals surface area contributed by atoms with Gasteiger partial charge < -0.3 is 19.2 Å². The van der Waals surface area contributed by atoms with Crippen LogP contribution in [0.2, 0.25) is 0 Å². The van der Waals surface area contributed by atoms with Crippen LogP contribution in [0.15, 0.2) is 51.4 Å². The smallest absolute Gasteiger partial charge is 0.297 e. The summed E-state index contributed by atoms with van der Waals surface area (Å²) in [4.78, 5) is 10.7. The van der Waals surface area contributed by atoms with Crippen molar-refractivity contribution in [2.45, 2.75) is 19.4 Å². The van der Waals surface area contributed by atoms with E-state index in [9.17, 15) is 4.39 Å². The number of anilines is 2. The number of benzene rings is 2. The molecule has 0 saturated heterocycles. The van der Waals surface area contributed by atoms with Crippen molar-refractivity contribution in [3.8, 4) is 0 Å². The molecule has 0 aliphatic rings. The fraction of sp³-hybridized carbons (Fsp3) is 0.250. The van der Waals surface area contributed by atoms with Crippen molar-refractivity contribution in [3.05, 3.63) is 65.6 Å². The van der Waals surface area contributed by atoms with Gasteiger partial charge in [0.15, 0.2) is 11.4 Å². The van der Waals surface area contributed by atoms with Crippen LogP contribution in [0, 0.1) is 5.82 Å². The Morgan fingerprint density at radius 3 is 2.64 bits per heavy atom. The van der Waals surface area contributed by atoms with Crippen molar-refractivity contribution in [2.24, 2.45) is 0 Å². The van der Waals surface area contributed by atoms with Crippen molar-refractivity contribution in [1.82, 2.24) is 15.1 Å². The molecule has 1 atom stereocenters. The second-order valence-corrected chi connectivity index (χ2v) is 6.79. The van der Waals surface area contributed by atoms with Crippen LogP contribution in [-0.2, 0) is 6.42 Å². The van der Waals surface area contributed by atoms with Gasteiger partial charge >= 0.3 is 0 Å². The Labute approximate surface area is 161 Å². The maximum absolute atomic E-state index is 13.0. The first-order valence-corrected chi connectivity index (χ1v) is 8.89. The minimum Gasteiger partial charge on any atom is -0.423 e. The SMILES string of the molecule is CC(Nc1ccc2oc(N(C)C)nc2c1)c1nc(Cc2ccc(F)cc2)no1. The Hall–Kier alpha value is -3.42. The van der Waals surface area contributed by atoms with Crippen LogP contribution in [-0.4, -0.2) is 29.2 Å². The third kappa shape index (κ3) is 3.80. The third-order valence-corrected chi connectivity index (χ3v) is 4.27. The number of hydrogen-bond donors (Lipinski definition) is 1. The summed E-state index contributed by atoms with van der Waals surface area (Å²) in [6.45, 7) is 1.94. The number of fused-ring (bicyclic) bond motifs is 1. The normalized spacial score (nSPS) is 12.3. The monoisotopic (exact) mass is 381 g/mol. The Bertz CT molecular complexity index is 1090. The summed E-state index contributed by atoms with van der Waals surface area (Å²) in [5, 5.41) is 7.35. The Morgan fingerprint density at radius 2 is 1.89 bits per heavy atom. The van der Waals surface area contributed by atoms with Gasteiger partial charge in [-0.05, 0) is 42.8 Å². The lowest BCUT2D eigenvalue weighted by molar-refractivity contribution is 0.363. The van der Waals surface area contributed by atoms with Gasteiger partial charge in [-0.15, -0.1) is 0 Å². The quantitative estimate of drug-likeness (QED) is 0.537. The molecule has 2 heterocycles. The summed E-state index contributed by atoms with van der Waals surface area (Å²) in [7, 11) is 3.76. The van der Waals surface area contributed by atoms with E-state index in [2.05, 4.69) is 20.4 Å². The van der Waals surface area contributed by atoms with Crippen molar-refractivity contribution >= 4 is 22.8 Å². The van der Waals surface area contributed by atoms with Gasteiger partial charge in [0.2, 0.25) is 5.89 Å². The predicted molar refractivity (Wildman–Crippen MR) is 104 cm³/mol. The summed E-state index contributed by atoms with van der Waals surface area (Å²) in [6.07, 6.45) is 0.481. The van der Waals surface area contributed by atoms with E-state index in [0.29, 0.717) is 24.2 Å². The number of hydrogen-bond acceptors (Lipinski definition) is 7. The van der Waals surface area contributed by atoms with Crippen LogP contribution in [0.3, 0.4) is 0 Å². The van der Waals surface area contributed by atoms with Gasteiger partial charge in [0.05, 0.1) is 0 Å². The van der Waals surface area contributed by atoms with Gasteiger partial charge in [0.25, 0.3) is 6.01 Å². The topological polar surface area (TPSA) is 80.2 Å². The molecule has 0 bridgehead atoms. The summed E-state index contributed by atoms with van der Waals surface area (Å²) < 4.78 is 24.1. The lowest BCUT2D eigenvalue weighted by Crippen LogP contribution is -2.08. The van der Waals surface area contributed by atoms with Gasteiger partial charge in [-0.1, -0.05) is 17.3 Å². The molecule has 0 amide bonds. The van der Waals surface area contributed by atoms with Crippen molar-refractivity contribution in [2.75, 3.05) is 24.3 Å². The standard InChI is InChI=1S/C20H20FN5O2/c1-12(19-24-18(25-28-19)10-13-4-6-14(21)7-5-13)22-15-8-9-17-16(11-15)23-20(27-17)26(2)3/h4-9,11-12,22H,10H2,1-3H3. The Kier molecular flexibility index (Phi) is 4.68. The first-order valence-electron chi connectivity index (χ1n) is 8.89. The highest BCUT2D eigenvalue weighted by Crippen LogP contribution is 2.26. The maximum atomic E-state index is 13.0. The van der Waals surface area contributed by atoms with Gasteiger partial charge in [0.1, 0.15) is 17.4 Å². The summed E-state index contributed by atoms with van der Waals surface area (Å²) in [6, 6.07) is 12.3. The first-order chi connectivity index (χ1) is 13.5. The molecule has 0 spiro atoms. The molecule has 7 nitrogen and oxygen atoms in total. The van der Waals surface area contributed by atoms with E-state index in [4.69, 9.17) is 8.94 Å². The fourth-order valence-corrected chi connectivity index (χ4v) is 2.81. The molecule has 0 aliphatic heterocycles. The van der Waals surface area contributed by atoms with E-state index in [1.165, 1.54) is 12.1 Å². The van der Waals surface area contributed by atoms with Crippen LogP contribution in [0.5, 0.6) is 0 Å². The van der Waals surface area contributed by atoms with Crippen molar-refractivity contribution in [1.29, 1.82) is 0 Å². The fourth-order valence-electron chi connectivity index (χ4n) is 2.81. The Balaban J connectivity index is 1.46. The molecule has 1 unspecified atom stereocenters. The lowest BCUT2D eigenvalue weighted by Gasteiger charge is -2.10. The molecular formula is C20H20FN5O2. The third-order valence-electron chi connectivity index (χ3n) is 4.27. The minimum atomic E-state index is -0.267. The highest BCUT2D eigenvalue weighted by Gasteiger charge is 2.16. The van der Waals surface area contributed by atoms with Crippen LogP contribution in [0.4, 0.5) is 16.1 Å². The van der Waals surface area contributed by atoms with E-state index < -0.39 is 0 Å². The summed E-state index contributed by atoms with van der Waals surface area (Å²) >= 11 is 0. The highest BCUT2D eigenvalue weighted by atomic mass is 19.1. The van der Waals surface area contributed by atoms with Crippen molar-refractivity contribution < 1.29 is 13.3 Å². The molecule has 2 aromatic carbocycles. The molecule has 144 valence electrons. The second-order valence-electron chi connectivity index (χ2n) is 6.79. The van der Waals surface area contributed by atoms with E-state index in [1.54, 1.807) is 12.1 Å².